The van der Waals surface area contributed by atoms with Crippen LogP contribution in [0.5, 0.6) is 0 Å². The minimum absolute atomic E-state index is 0.167. The summed E-state index contributed by atoms with van der Waals surface area (Å²) < 4.78 is 0. The Hall–Kier alpha value is -1.39. The van der Waals surface area contributed by atoms with Gasteiger partial charge in [-0.3, -0.25) is 4.79 Å². The van der Waals surface area contributed by atoms with Gasteiger partial charge in [0.1, 0.15) is 5.54 Å². The molecule has 2 aliphatic rings. The lowest BCUT2D eigenvalue weighted by Crippen LogP contribution is -2.48. The van der Waals surface area contributed by atoms with E-state index in [2.05, 4.69) is 24.3 Å². The number of nitrogens with zero attached hydrogens (tertiary/aromatic N) is 2. The average Bonchev–Trinajstić information content (AvgIpc) is 2.64. The second kappa shape index (κ2) is 5.72. The van der Waals surface area contributed by atoms with Crippen LogP contribution < -0.4 is 5.32 Å². The molecule has 0 aromatic heterocycles. The van der Waals surface area contributed by atoms with Gasteiger partial charge >= 0.3 is 6.03 Å². The molecule has 1 aliphatic heterocycles. The van der Waals surface area contributed by atoms with Gasteiger partial charge < -0.3 is 5.32 Å². The number of hydrogen-bond donors (Lipinski definition) is 1. The fourth-order valence-electron chi connectivity index (χ4n) is 2.87. The van der Waals surface area contributed by atoms with Gasteiger partial charge in [0, 0.05) is 6.21 Å². The summed E-state index contributed by atoms with van der Waals surface area (Å²) in [7, 11) is 0. The Balaban J connectivity index is 2.10. The summed E-state index contributed by atoms with van der Waals surface area (Å²) in [5, 5.41) is 8.01. The van der Waals surface area contributed by atoms with Crippen molar-refractivity contribution in [2.75, 3.05) is 0 Å². The first-order chi connectivity index (χ1) is 9.13. The van der Waals surface area contributed by atoms with Crippen molar-refractivity contribution in [1.82, 2.24) is 10.3 Å². The number of carbonyl (C=O) groups excluding carboxylic acids is 2. The number of hydrogen-bond acceptors (Lipinski definition) is 3. The van der Waals surface area contributed by atoms with Crippen LogP contribution in [-0.4, -0.2) is 28.7 Å². The Kier molecular flexibility index (Phi) is 4.22. The molecular weight excluding hydrogens is 242 g/mol. The van der Waals surface area contributed by atoms with Crippen LogP contribution in [0.25, 0.3) is 0 Å². The Morgan fingerprint density at radius 1 is 1.26 bits per heavy atom. The van der Waals surface area contributed by atoms with Crippen molar-refractivity contribution < 1.29 is 9.59 Å². The van der Waals surface area contributed by atoms with E-state index in [-0.39, 0.29) is 11.9 Å². The molecule has 0 unspecified atom stereocenters. The number of imide groups is 1. The number of hydrazone groups is 1. The maximum absolute atomic E-state index is 12.4. The maximum atomic E-state index is 12.4. The Labute approximate surface area is 114 Å². The molecule has 0 radical (unpaired) electrons. The van der Waals surface area contributed by atoms with Gasteiger partial charge in [0.05, 0.1) is 0 Å². The smallest absolute Gasteiger partial charge is 0.321 e. The molecule has 0 bridgehead atoms. The molecule has 5 heteroatoms. The number of urea groups is 1. The molecule has 19 heavy (non-hydrogen) atoms. The summed E-state index contributed by atoms with van der Waals surface area (Å²) in [4.78, 5) is 24.3. The van der Waals surface area contributed by atoms with Crippen molar-refractivity contribution >= 4 is 18.2 Å². The predicted octanol–water partition coefficient (Wildman–Crippen LogP) is 2.66. The van der Waals surface area contributed by atoms with Crippen LogP contribution in [0, 0.1) is 5.92 Å². The minimum Gasteiger partial charge on any atom is -0.321 e. The maximum Gasteiger partial charge on any atom is 0.346 e. The zero-order valence-corrected chi connectivity index (χ0v) is 11.8. The lowest BCUT2D eigenvalue weighted by molar-refractivity contribution is -0.132. The second-order valence-electron chi connectivity index (χ2n) is 5.53. The monoisotopic (exact) mass is 265 g/mol. The molecule has 1 aliphatic carbocycles. The first-order valence-electron chi connectivity index (χ1n) is 7.33. The molecule has 1 saturated carbocycles. The minimum atomic E-state index is -0.666. The normalized spacial score (nSPS) is 22.8. The zero-order valence-electron chi connectivity index (χ0n) is 11.8. The molecule has 0 atom stereocenters. The lowest BCUT2D eigenvalue weighted by Gasteiger charge is -2.29. The summed E-state index contributed by atoms with van der Waals surface area (Å²) in [6.45, 7) is 4.16. The van der Waals surface area contributed by atoms with E-state index in [9.17, 15) is 9.59 Å². The zero-order chi connectivity index (χ0) is 13.9. The fraction of sp³-hybridized carbons (Fsp3) is 0.786. The van der Waals surface area contributed by atoms with Gasteiger partial charge in [-0.25, -0.2) is 4.79 Å². The largest absolute Gasteiger partial charge is 0.346 e. The van der Waals surface area contributed by atoms with Crippen LogP contribution in [0.15, 0.2) is 5.10 Å². The fourth-order valence-corrected chi connectivity index (χ4v) is 2.87. The van der Waals surface area contributed by atoms with E-state index in [4.69, 9.17) is 0 Å². The highest BCUT2D eigenvalue weighted by molar-refractivity contribution is 6.07. The van der Waals surface area contributed by atoms with Crippen LogP contribution in [0.3, 0.4) is 0 Å². The number of amides is 3. The first kappa shape index (κ1) is 14.0. The quantitative estimate of drug-likeness (QED) is 0.627. The molecule has 2 fully saturated rings. The third-order valence-electron chi connectivity index (χ3n) is 4.29. The van der Waals surface area contributed by atoms with Crippen molar-refractivity contribution in [3.63, 3.8) is 0 Å². The third kappa shape index (κ3) is 2.65. The van der Waals surface area contributed by atoms with Crippen LogP contribution in [0.2, 0.25) is 0 Å². The molecule has 1 spiro atoms. The van der Waals surface area contributed by atoms with E-state index in [0.717, 1.165) is 50.0 Å². The third-order valence-corrected chi connectivity index (χ3v) is 4.29. The summed E-state index contributed by atoms with van der Waals surface area (Å²) >= 11 is 0. The van der Waals surface area contributed by atoms with Gasteiger partial charge in [-0.2, -0.15) is 5.10 Å². The molecule has 0 aromatic carbocycles. The van der Waals surface area contributed by atoms with Crippen molar-refractivity contribution in [3.05, 3.63) is 0 Å². The summed E-state index contributed by atoms with van der Waals surface area (Å²) in [5.41, 5.74) is -0.666. The van der Waals surface area contributed by atoms with E-state index in [1.807, 2.05) is 0 Å². The Bertz CT molecular complexity index is 382. The first-order valence-corrected chi connectivity index (χ1v) is 7.33. The molecule has 5 nitrogen and oxygen atoms in total. The van der Waals surface area contributed by atoms with Crippen molar-refractivity contribution in [1.29, 1.82) is 0 Å². The molecule has 2 rings (SSSR count). The molecule has 1 saturated heterocycles. The van der Waals surface area contributed by atoms with Crippen LogP contribution >= 0.6 is 0 Å². The van der Waals surface area contributed by atoms with E-state index >= 15 is 0 Å². The second-order valence-corrected chi connectivity index (χ2v) is 5.53. The highest BCUT2D eigenvalue weighted by atomic mass is 16.2. The van der Waals surface area contributed by atoms with Gasteiger partial charge in [-0.15, -0.1) is 5.01 Å². The molecule has 1 heterocycles. The van der Waals surface area contributed by atoms with Crippen molar-refractivity contribution in [2.24, 2.45) is 11.0 Å². The highest BCUT2D eigenvalue weighted by Gasteiger charge is 2.51. The standard InChI is InChI=1S/C14H23N3O2/c1-3-11(4-2)10-15-17-12(18)14(16-13(17)19)8-6-5-7-9-14/h10-11H,3-9H2,1-2H3,(H,16,19). The summed E-state index contributed by atoms with van der Waals surface area (Å²) in [6, 6.07) is -0.367. The van der Waals surface area contributed by atoms with Crippen LogP contribution in [-0.2, 0) is 4.79 Å². The molecular formula is C14H23N3O2. The Morgan fingerprint density at radius 3 is 2.47 bits per heavy atom. The SMILES string of the molecule is CCC(C=NN1C(=O)NC2(CCCCC2)C1=O)CC. The molecule has 106 valence electrons. The summed E-state index contributed by atoms with van der Waals surface area (Å²) in [5.74, 6) is 0.155. The highest BCUT2D eigenvalue weighted by Crippen LogP contribution is 2.33. The van der Waals surface area contributed by atoms with E-state index in [1.165, 1.54) is 0 Å². The van der Waals surface area contributed by atoms with Crippen molar-refractivity contribution in [2.45, 2.75) is 64.3 Å². The summed E-state index contributed by atoms with van der Waals surface area (Å²) in [6.07, 6.45) is 8.29. The lowest BCUT2D eigenvalue weighted by atomic mass is 9.82. The number of carbonyl (C=O) groups is 2. The average molecular weight is 265 g/mol. The van der Waals surface area contributed by atoms with E-state index in [1.54, 1.807) is 6.21 Å². The van der Waals surface area contributed by atoms with Gasteiger partial charge in [0.25, 0.3) is 5.91 Å². The van der Waals surface area contributed by atoms with Gasteiger partial charge in [-0.05, 0) is 31.6 Å². The van der Waals surface area contributed by atoms with Crippen molar-refractivity contribution in [3.8, 4) is 0 Å². The van der Waals surface area contributed by atoms with Gasteiger partial charge in [0.2, 0.25) is 0 Å². The van der Waals surface area contributed by atoms with Crippen LogP contribution in [0.1, 0.15) is 58.8 Å². The molecule has 1 N–H and O–H groups in total. The van der Waals surface area contributed by atoms with E-state index < -0.39 is 5.54 Å². The number of nitrogens with one attached hydrogen (secondary N) is 1. The predicted molar refractivity (Wildman–Crippen MR) is 73.8 cm³/mol. The van der Waals surface area contributed by atoms with Crippen LogP contribution in [0.4, 0.5) is 4.79 Å². The number of rotatable bonds is 4. The topological polar surface area (TPSA) is 61.8 Å². The van der Waals surface area contributed by atoms with Gasteiger partial charge in [-0.1, -0.05) is 33.1 Å². The molecule has 0 aromatic rings. The Morgan fingerprint density at radius 2 is 1.89 bits per heavy atom. The molecule has 3 amide bonds. The van der Waals surface area contributed by atoms with Gasteiger partial charge in [0.15, 0.2) is 0 Å². The van der Waals surface area contributed by atoms with E-state index in [0.29, 0.717) is 5.92 Å².